The summed E-state index contributed by atoms with van der Waals surface area (Å²) in [5, 5.41) is 0.602. The average molecular weight is 455 g/mol. The highest BCUT2D eigenvalue weighted by atomic mass is 32.2. The monoisotopic (exact) mass is 454 g/mol. The molecule has 0 bridgehead atoms. The van der Waals surface area contributed by atoms with Crippen molar-refractivity contribution >= 4 is 20.9 Å². The molecule has 3 aromatic rings. The Labute approximate surface area is 189 Å². The molecule has 0 aliphatic carbocycles. The van der Waals surface area contributed by atoms with Crippen LogP contribution in [0.3, 0.4) is 0 Å². The molecule has 0 spiro atoms. The van der Waals surface area contributed by atoms with Gasteiger partial charge in [-0.2, -0.15) is 4.31 Å². The zero-order valence-corrected chi connectivity index (χ0v) is 19.8. The fourth-order valence-corrected chi connectivity index (χ4v) is 5.70. The van der Waals surface area contributed by atoms with Crippen molar-refractivity contribution < 1.29 is 8.42 Å². The van der Waals surface area contributed by atoms with Crippen LogP contribution in [0.5, 0.6) is 0 Å². The second-order valence-electron chi connectivity index (χ2n) is 8.69. The number of hydrogen-bond donors (Lipinski definition) is 0. The van der Waals surface area contributed by atoms with E-state index in [0.29, 0.717) is 53.7 Å². The van der Waals surface area contributed by atoms with Gasteiger partial charge in [-0.05, 0) is 42.7 Å². The molecule has 8 heteroatoms. The summed E-state index contributed by atoms with van der Waals surface area (Å²) in [7, 11) is -1.78. The smallest absolute Gasteiger partial charge is 0.261 e. The first kappa shape index (κ1) is 22.6. The van der Waals surface area contributed by atoms with E-state index in [9.17, 15) is 13.2 Å². The fourth-order valence-electron chi connectivity index (χ4n) is 4.28. The maximum atomic E-state index is 13.1. The first-order valence-corrected chi connectivity index (χ1v) is 12.4. The predicted molar refractivity (Wildman–Crippen MR) is 126 cm³/mol. The minimum absolute atomic E-state index is 0.0662. The normalized spacial score (nSPS) is 17.2. The van der Waals surface area contributed by atoms with Crippen LogP contribution in [0.1, 0.15) is 44.1 Å². The largest absolute Gasteiger partial charge is 0.298 e. The summed E-state index contributed by atoms with van der Waals surface area (Å²) >= 11 is 0. The highest BCUT2D eigenvalue weighted by Crippen LogP contribution is 2.25. The van der Waals surface area contributed by atoms with Crippen LogP contribution in [0, 0.1) is 0 Å². The van der Waals surface area contributed by atoms with Crippen molar-refractivity contribution in [1.82, 2.24) is 18.8 Å². The summed E-state index contributed by atoms with van der Waals surface area (Å²) in [6, 6.07) is 14.4. The van der Waals surface area contributed by atoms with Crippen LogP contribution in [0.2, 0.25) is 0 Å². The number of benzene rings is 2. The Morgan fingerprint density at radius 2 is 1.53 bits per heavy atom. The van der Waals surface area contributed by atoms with Gasteiger partial charge in [-0.3, -0.25) is 14.3 Å². The molecular formula is C24H30N4O3S. The van der Waals surface area contributed by atoms with E-state index in [1.807, 2.05) is 37.3 Å². The number of hydrogen-bond acceptors (Lipinski definition) is 5. The highest BCUT2D eigenvalue weighted by Gasteiger charge is 2.31. The van der Waals surface area contributed by atoms with Crippen LogP contribution >= 0.6 is 0 Å². The van der Waals surface area contributed by atoms with Crippen LogP contribution in [0.25, 0.3) is 10.9 Å². The van der Waals surface area contributed by atoms with Crippen LogP contribution in [-0.4, -0.2) is 53.4 Å². The minimum atomic E-state index is -3.53. The molecular weight excluding hydrogens is 424 g/mol. The van der Waals surface area contributed by atoms with Crippen LogP contribution < -0.4 is 5.56 Å². The molecule has 2 aromatic carbocycles. The number of piperazine rings is 1. The molecule has 1 unspecified atom stereocenters. The molecule has 0 N–H and O–H groups in total. The van der Waals surface area contributed by atoms with E-state index >= 15 is 0 Å². The summed E-state index contributed by atoms with van der Waals surface area (Å²) in [6.07, 6.45) is 0. The first-order valence-electron chi connectivity index (χ1n) is 11.0. The van der Waals surface area contributed by atoms with Crippen molar-refractivity contribution in [2.24, 2.45) is 7.05 Å². The number of aromatic nitrogens is 2. The molecule has 1 aliphatic heterocycles. The van der Waals surface area contributed by atoms with Gasteiger partial charge in [0.15, 0.2) is 0 Å². The van der Waals surface area contributed by atoms with E-state index in [-0.39, 0.29) is 11.6 Å². The van der Waals surface area contributed by atoms with Gasteiger partial charge >= 0.3 is 0 Å². The van der Waals surface area contributed by atoms with E-state index in [4.69, 9.17) is 4.98 Å². The summed E-state index contributed by atoms with van der Waals surface area (Å²) in [5.41, 5.74) is 1.74. The van der Waals surface area contributed by atoms with Crippen LogP contribution in [0.4, 0.5) is 0 Å². The SMILES string of the molecule is CC(C)c1ccc(S(=O)(=O)N2CCN(C(C)c3nc4ccccc4c(=O)n3C)CC2)cc1. The zero-order chi connectivity index (χ0) is 23.0. The predicted octanol–water partition coefficient (Wildman–Crippen LogP) is 3.12. The molecule has 1 aromatic heterocycles. The van der Waals surface area contributed by atoms with Gasteiger partial charge in [-0.15, -0.1) is 0 Å². The van der Waals surface area contributed by atoms with Crippen molar-refractivity contribution in [3.63, 3.8) is 0 Å². The number of rotatable bonds is 5. The lowest BCUT2D eigenvalue weighted by molar-refractivity contribution is 0.139. The molecule has 170 valence electrons. The molecule has 2 heterocycles. The average Bonchev–Trinajstić information content (AvgIpc) is 2.81. The zero-order valence-electron chi connectivity index (χ0n) is 19.0. The van der Waals surface area contributed by atoms with Crippen LogP contribution in [-0.2, 0) is 17.1 Å². The molecule has 0 amide bonds. The molecule has 0 radical (unpaired) electrons. The first-order chi connectivity index (χ1) is 15.2. The number of para-hydroxylation sites is 1. The lowest BCUT2D eigenvalue weighted by Crippen LogP contribution is -2.49. The number of sulfonamides is 1. The summed E-state index contributed by atoms with van der Waals surface area (Å²) in [6.45, 7) is 8.15. The van der Waals surface area contributed by atoms with E-state index in [0.717, 1.165) is 5.56 Å². The second-order valence-corrected chi connectivity index (χ2v) is 10.6. The molecule has 1 saturated heterocycles. The molecule has 1 atom stereocenters. The van der Waals surface area contributed by atoms with Gasteiger partial charge in [-0.1, -0.05) is 38.1 Å². The van der Waals surface area contributed by atoms with Gasteiger partial charge in [0.2, 0.25) is 10.0 Å². The van der Waals surface area contributed by atoms with Gasteiger partial charge in [0.1, 0.15) is 5.82 Å². The van der Waals surface area contributed by atoms with Crippen molar-refractivity contribution in [1.29, 1.82) is 0 Å². The summed E-state index contributed by atoms with van der Waals surface area (Å²) in [4.78, 5) is 20.0. The third-order valence-electron chi connectivity index (χ3n) is 6.40. The van der Waals surface area contributed by atoms with E-state index in [1.165, 1.54) is 0 Å². The number of nitrogens with zero attached hydrogens (tertiary/aromatic N) is 4. The fraction of sp³-hybridized carbons (Fsp3) is 0.417. The van der Waals surface area contributed by atoms with Gasteiger partial charge < -0.3 is 0 Å². The Kier molecular flexibility index (Phi) is 6.20. The molecule has 1 fully saturated rings. The molecule has 7 nitrogen and oxygen atoms in total. The number of fused-ring (bicyclic) bond motifs is 1. The Morgan fingerprint density at radius 1 is 0.906 bits per heavy atom. The van der Waals surface area contributed by atoms with Crippen LogP contribution in [0.15, 0.2) is 58.2 Å². The lowest BCUT2D eigenvalue weighted by Gasteiger charge is -2.37. The maximum absolute atomic E-state index is 13.1. The van der Waals surface area contributed by atoms with Gasteiger partial charge in [0.25, 0.3) is 5.56 Å². The minimum Gasteiger partial charge on any atom is -0.298 e. The van der Waals surface area contributed by atoms with Crippen molar-refractivity contribution in [3.05, 3.63) is 70.3 Å². The van der Waals surface area contributed by atoms with Gasteiger partial charge in [0.05, 0.1) is 21.8 Å². The Bertz CT molecular complexity index is 1270. The van der Waals surface area contributed by atoms with E-state index in [1.54, 1.807) is 34.1 Å². The Hall–Kier alpha value is -2.55. The van der Waals surface area contributed by atoms with E-state index in [2.05, 4.69) is 18.7 Å². The Balaban J connectivity index is 1.50. The third-order valence-corrected chi connectivity index (χ3v) is 8.31. The third kappa shape index (κ3) is 4.10. The quantitative estimate of drug-likeness (QED) is 0.592. The van der Waals surface area contributed by atoms with Crippen molar-refractivity contribution in [2.75, 3.05) is 26.2 Å². The second kappa shape index (κ2) is 8.77. The lowest BCUT2D eigenvalue weighted by atomic mass is 10.0. The Morgan fingerprint density at radius 3 is 2.16 bits per heavy atom. The molecule has 4 rings (SSSR count). The van der Waals surface area contributed by atoms with Gasteiger partial charge in [0, 0.05) is 33.2 Å². The van der Waals surface area contributed by atoms with Crippen molar-refractivity contribution in [2.45, 2.75) is 37.6 Å². The van der Waals surface area contributed by atoms with Gasteiger partial charge in [-0.25, -0.2) is 13.4 Å². The standard InChI is InChI=1S/C24H30N4O3S/c1-17(2)19-9-11-20(12-10-19)32(30,31)28-15-13-27(14-16-28)18(3)23-25-22-8-6-5-7-21(22)24(29)26(23)4/h5-12,17-18H,13-16H2,1-4H3. The molecule has 32 heavy (non-hydrogen) atoms. The maximum Gasteiger partial charge on any atom is 0.261 e. The molecule has 0 saturated carbocycles. The summed E-state index contributed by atoms with van der Waals surface area (Å²) in [5.74, 6) is 1.05. The molecule has 1 aliphatic rings. The van der Waals surface area contributed by atoms with E-state index < -0.39 is 10.0 Å². The van der Waals surface area contributed by atoms with Crippen molar-refractivity contribution in [3.8, 4) is 0 Å². The highest BCUT2D eigenvalue weighted by molar-refractivity contribution is 7.89. The summed E-state index contributed by atoms with van der Waals surface area (Å²) < 4.78 is 29.4. The topological polar surface area (TPSA) is 75.5 Å².